The van der Waals surface area contributed by atoms with Crippen LogP contribution in [0.15, 0.2) is 28.7 Å². The molecule has 1 aromatic carbocycles. The van der Waals surface area contributed by atoms with E-state index >= 15 is 0 Å². The maximum atomic E-state index is 5.51. The summed E-state index contributed by atoms with van der Waals surface area (Å²) in [5.41, 5.74) is 1.18. The van der Waals surface area contributed by atoms with Gasteiger partial charge in [0.2, 0.25) is 0 Å². The lowest BCUT2D eigenvalue weighted by Gasteiger charge is -2.05. The molecule has 90 valence electrons. The summed E-state index contributed by atoms with van der Waals surface area (Å²) < 4.78 is 12.0. The first-order chi connectivity index (χ1) is 7.83. The van der Waals surface area contributed by atoms with Gasteiger partial charge in [0.1, 0.15) is 0 Å². The van der Waals surface area contributed by atoms with Gasteiger partial charge < -0.3 is 9.47 Å². The van der Waals surface area contributed by atoms with Crippen LogP contribution in [-0.4, -0.2) is 19.8 Å². The molecule has 0 aliphatic rings. The molecular weight excluding hydrogens is 268 g/mol. The molecule has 0 saturated heterocycles. The summed E-state index contributed by atoms with van der Waals surface area (Å²) in [6, 6.07) is 8.15. The molecule has 0 fully saturated rings. The predicted octanol–water partition coefficient (Wildman–Crippen LogP) is 3.78. The van der Waals surface area contributed by atoms with E-state index in [1.54, 1.807) is 0 Å². The van der Waals surface area contributed by atoms with Gasteiger partial charge in [-0.1, -0.05) is 41.4 Å². The van der Waals surface area contributed by atoms with Crippen molar-refractivity contribution >= 4 is 15.9 Å². The van der Waals surface area contributed by atoms with Crippen LogP contribution >= 0.6 is 15.9 Å². The second-order valence-electron chi connectivity index (χ2n) is 3.65. The first-order valence-electron chi connectivity index (χ1n) is 5.73. The number of hydrogen-bond acceptors (Lipinski definition) is 2. The van der Waals surface area contributed by atoms with Crippen molar-refractivity contribution in [3.63, 3.8) is 0 Å². The quantitative estimate of drug-likeness (QED) is 0.677. The summed E-state index contributed by atoms with van der Waals surface area (Å²) in [5, 5.41) is 0. The average Bonchev–Trinajstić information content (AvgIpc) is 2.28. The molecule has 16 heavy (non-hydrogen) atoms. The molecule has 3 heteroatoms. The maximum absolute atomic E-state index is 5.51. The molecule has 0 heterocycles. The molecule has 0 N–H and O–H groups in total. The van der Waals surface area contributed by atoms with E-state index in [-0.39, 0.29) is 0 Å². The first-order valence-corrected chi connectivity index (χ1v) is 6.52. The Morgan fingerprint density at radius 2 is 1.94 bits per heavy atom. The highest BCUT2D eigenvalue weighted by molar-refractivity contribution is 9.10. The van der Waals surface area contributed by atoms with Crippen LogP contribution < -0.4 is 0 Å². The summed E-state index contributed by atoms with van der Waals surface area (Å²) in [7, 11) is 0. The van der Waals surface area contributed by atoms with Crippen LogP contribution in [0, 0.1) is 0 Å². The first kappa shape index (κ1) is 13.7. The monoisotopic (exact) mass is 286 g/mol. The number of benzene rings is 1. The predicted molar refractivity (Wildman–Crippen MR) is 69.5 cm³/mol. The topological polar surface area (TPSA) is 18.5 Å². The summed E-state index contributed by atoms with van der Waals surface area (Å²) >= 11 is 3.43. The lowest BCUT2D eigenvalue weighted by Crippen LogP contribution is -2.05. The fourth-order valence-corrected chi connectivity index (χ4v) is 1.73. The largest absolute Gasteiger partial charge is 0.379 e. The van der Waals surface area contributed by atoms with Crippen molar-refractivity contribution in [1.82, 2.24) is 0 Å². The molecule has 0 aliphatic carbocycles. The zero-order valence-electron chi connectivity index (χ0n) is 9.75. The number of unbranched alkanes of at least 4 members (excludes halogenated alkanes) is 1. The summed E-state index contributed by atoms with van der Waals surface area (Å²) in [5.74, 6) is 0. The maximum Gasteiger partial charge on any atom is 0.0718 e. The molecule has 0 aliphatic heterocycles. The zero-order valence-corrected chi connectivity index (χ0v) is 11.3. The van der Waals surface area contributed by atoms with Crippen molar-refractivity contribution in [2.24, 2.45) is 0 Å². The fourth-order valence-electron chi connectivity index (χ4n) is 1.28. The van der Waals surface area contributed by atoms with Crippen LogP contribution in [0.4, 0.5) is 0 Å². The molecule has 0 bridgehead atoms. The highest BCUT2D eigenvalue weighted by atomic mass is 79.9. The highest BCUT2D eigenvalue weighted by Gasteiger charge is 1.94. The molecule has 0 amide bonds. The van der Waals surface area contributed by atoms with Crippen LogP contribution in [0.25, 0.3) is 0 Å². The molecule has 0 aromatic heterocycles. The van der Waals surface area contributed by atoms with Gasteiger partial charge in [0.25, 0.3) is 0 Å². The fraction of sp³-hybridized carbons (Fsp3) is 0.538. The zero-order chi connectivity index (χ0) is 11.6. The molecule has 0 saturated carbocycles. The molecular formula is C13H19BrO2. The van der Waals surface area contributed by atoms with Crippen molar-refractivity contribution < 1.29 is 9.47 Å². The summed E-state index contributed by atoms with van der Waals surface area (Å²) in [6.07, 6.45) is 2.31. The number of halogens is 1. The van der Waals surface area contributed by atoms with E-state index in [1.165, 1.54) is 12.0 Å². The van der Waals surface area contributed by atoms with E-state index in [4.69, 9.17) is 9.47 Å². The van der Waals surface area contributed by atoms with Crippen molar-refractivity contribution in [1.29, 1.82) is 0 Å². The van der Waals surface area contributed by atoms with Crippen molar-refractivity contribution in [3.05, 3.63) is 34.3 Å². The lowest BCUT2D eigenvalue weighted by atomic mass is 10.2. The Bertz CT molecular complexity index is 289. The Balaban J connectivity index is 2.03. The third-order valence-electron chi connectivity index (χ3n) is 2.17. The van der Waals surface area contributed by atoms with Gasteiger partial charge in [-0.05, 0) is 24.1 Å². The molecule has 1 aromatic rings. The van der Waals surface area contributed by atoms with Gasteiger partial charge in [-0.2, -0.15) is 0 Å². The third-order valence-corrected chi connectivity index (χ3v) is 2.67. The van der Waals surface area contributed by atoms with E-state index in [0.717, 1.165) is 17.5 Å². The van der Waals surface area contributed by atoms with Crippen molar-refractivity contribution in [2.45, 2.75) is 26.4 Å². The smallest absolute Gasteiger partial charge is 0.0718 e. The van der Waals surface area contributed by atoms with Gasteiger partial charge >= 0.3 is 0 Å². The molecule has 0 spiro atoms. The normalized spacial score (nSPS) is 10.6. The van der Waals surface area contributed by atoms with E-state index in [1.807, 2.05) is 12.1 Å². The molecule has 1 rings (SSSR count). The SMILES string of the molecule is CCCCOCCOCc1cccc(Br)c1. The lowest BCUT2D eigenvalue weighted by molar-refractivity contribution is 0.0396. The van der Waals surface area contributed by atoms with Gasteiger partial charge in [-0.15, -0.1) is 0 Å². The summed E-state index contributed by atoms with van der Waals surface area (Å²) in [6.45, 7) is 5.00. The van der Waals surface area contributed by atoms with Crippen LogP contribution in [-0.2, 0) is 16.1 Å². The summed E-state index contributed by atoms with van der Waals surface area (Å²) in [4.78, 5) is 0. The van der Waals surface area contributed by atoms with E-state index in [0.29, 0.717) is 19.8 Å². The minimum absolute atomic E-state index is 0.649. The Labute approximate surface area is 106 Å². The standard InChI is InChI=1S/C13H19BrO2/c1-2-3-7-15-8-9-16-11-12-5-4-6-13(14)10-12/h4-6,10H,2-3,7-9,11H2,1H3. The van der Waals surface area contributed by atoms with Crippen LogP contribution in [0.5, 0.6) is 0 Å². The number of rotatable bonds is 8. The molecule has 0 radical (unpaired) electrons. The van der Waals surface area contributed by atoms with Crippen LogP contribution in [0.3, 0.4) is 0 Å². The highest BCUT2D eigenvalue weighted by Crippen LogP contribution is 2.12. The van der Waals surface area contributed by atoms with Gasteiger partial charge in [-0.3, -0.25) is 0 Å². The average molecular weight is 287 g/mol. The second-order valence-corrected chi connectivity index (χ2v) is 4.56. The second kappa shape index (κ2) is 8.74. The minimum atomic E-state index is 0.649. The Morgan fingerprint density at radius 1 is 1.12 bits per heavy atom. The van der Waals surface area contributed by atoms with E-state index in [9.17, 15) is 0 Å². The van der Waals surface area contributed by atoms with Gasteiger partial charge in [0.15, 0.2) is 0 Å². The van der Waals surface area contributed by atoms with Crippen molar-refractivity contribution in [3.8, 4) is 0 Å². The number of ether oxygens (including phenoxy) is 2. The van der Waals surface area contributed by atoms with Gasteiger partial charge in [0.05, 0.1) is 19.8 Å². The molecule has 0 unspecified atom stereocenters. The Morgan fingerprint density at radius 3 is 2.69 bits per heavy atom. The third kappa shape index (κ3) is 6.26. The molecule has 0 atom stereocenters. The van der Waals surface area contributed by atoms with Gasteiger partial charge in [-0.25, -0.2) is 0 Å². The van der Waals surface area contributed by atoms with Gasteiger partial charge in [0, 0.05) is 11.1 Å². The van der Waals surface area contributed by atoms with E-state index in [2.05, 4.69) is 35.0 Å². The number of hydrogen-bond donors (Lipinski definition) is 0. The van der Waals surface area contributed by atoms with Crippen LogP contribution in [0.1, 0.15) is 25.3 Å². The van der Waals surface area contributed by atoms with Crippen molar-refractivity contribution in [2.75, 3.05) is 19.8 Å². The Kier molecular flexibility index (Phi) is 7.47. The van der Waals surface area contributed by atoms with Crippen LogP contribution in [0.2, 0.25) is 0 Å². The minimum Gasteiger partial charge on any atom is -0.379 e. The van der Waals surface area contributed by atoms with E-state index < -0.39 is 0 Å². The Hall–Kier alpha value is -0.380. The molecule has 2 nitrogen and oxygen atoms in total.